The van der Waals surface area contributed by atoms with Crippen LogP contribution in [-0.2, 0) is 4.79 Å². The van der Waals surface area contributed by atoms with E-state index in [1.807, 2.05) is 12.1 Å². The summed E-state index contributed by atoms with van der Waals surface area (Å²) in [5.41, 5.74) is 3.51. The van der Waals surface area contributed by atoms with Crippen LogP contribution in [0.25, 0.3) is 0 Å². The van der Waals surface area contributed by atoms with Crippen molar-refractivity contribution in [2.45, 2.75) is 5.16 Å². The fraction of sp³-hybridized carbons (Fsp3) is 0.0625. The van der Waals surface area contributed by atoms with Crippen LogP contribution in [0.5, 0.6) is 0 Å². The average molecular weight is 403 g/mol. The molecule has 3 rings (SSSR count). The highest BCUT2D eigenvalue weighted by Crippen LogP contribution is 2.17. The van der Waals surface area contributed by atoms with Crippen LogP contribution in [0.4, 0.5) is 11.8 Å². The van der Waals surface area contributed by atoms with E-state index in [4.69, 9.17) is 17.4 Å². The first-order valence-electron chi connectivity index (χ1n) is 7.70. The zero-order chi connectivity index (χ0) is 19.1. The van der Waals surface area contributed by atoms with Gasteiger partial charge in [0.05, 0.1) is 12.0 Å². The van der Waals surface area contributed by atoms with Crippen molar-refractivity contribution in [1.29, 1.82) is 0 Å². The molecule has 27 heavy (non-hydrogen) atoms. The van der Waals surface area contributed by atoms with Gasteiger partial charge in [-0.25, -0.2) is 15.1 Å². The number of halogens is 1. The molecule has 4 N–H and O–H groups in total. The summed E-state index contributed by atoms with van der Waals surface area (Å²) >= 11 is 7.06. The molecule has 0 radical (unpaired) electrons. The summed E-state index contributed by atoms with van der Waals surface area (Å²) < 4.78 is 1.22. The van der Waals surface area contributed by atoms with Gasteiger partial charge in [0.15, 0.2) is 0 Å². The fourth-order valence-corrected chi connectivity index (χ4v) is 2.80. The zero-order valence-electron chi connectivity index (χ0n) is 13.9. The lowest BCUT2D eigenvalue weighted by Crippen LogP contribution is -2.17. The summed E-state index contributed by atoms with van der Waals surface area (Å²) in [6, 6.07) is 12.5. The van der Waals surface area contributed by atoms with Crippen LogP contribution in [0.3, 0.4) is 0 Å². The van der Waals surface area contributed by atoms with Crippen LogP contribution in [0.1, 0.15) is 5.56 Å². The van der Waals surface area contributed by atoms with E-state index in [0.29, 0.717) is 16.0 Å². The topological polar surface area (TPSA) is 123 Å². The van der Waals surface area contributed by atoms with Gasteiger partial charge in [-0.05, 0) is 29.8 Å². The molecule has 0 fully saturated rings. The molecule has 2 heterocycles. The van der Waals surface area contributed by atoms with E-state index in [-0.39, 0.29) is 17.6 Å². The van der Waals surface area contributed by atoms with Crippen LogP contribution in [0.2, 0.25) is 5.02 Å². The highest BCUT2D eigenvalue weighted by atomic mass is 35.5. The lowest BCUT2D eigenvalue weighted by atomic mass is 10.2. The van der Waals surface area contributed by atoms with E-state index < -0.39 is 0 Å². The number of hydrogen-bond donors (Lipinski definition) is 3. The Balaban J connectivity index is 1.53. The number of hydrogen-bond acceptors (Lipinski definition) is 8. The monoisotopic (exact) mass is 402 g/mol. The molecular formula is C16H15ClN8OS. The van der Waals surface area contributed by atoms with Crippen LogP contribution in [0, 0.1) is 0 Å². The Hall–Kier alpha value is -3.11. The molecule has 138 valence electrons. The van der Waals surface area contributed by atoms with E-state index in [2.05, 4.69) is 31.0 Å². The lowest BCUT2D eigenvalue weighted by Gasteiger charge is -2.04. The van der Waals surface area contributed by atoms with E-state index in [0.717, 1.165) is 17.3 Å². The first-order valence-corrected chi connectivity index (χ1v) is 9.07. The van der Waals surface area contributed by atoms with Gasteiger partial charge in [-0.15, -0.1) is 10.2 Å². The molecule has 2 aromatic heterocycles. The SMILES string of the molecule is Nn1c(N/N=C/c2cccc(Cl)c2)nnc1SCC(=O)Nc1ccccn1. The van der Waals surface area contributed by atoms with Crippen molar-refractivity contribution in [1.82, 2.24) is 19.9 Å². The first-order chi connectivity index (χ1) is 13.1. The quantitative estimate of drug-likeness (QED) is 0.239. The minimum absolute atomic E-state index is 0.109. The van der Waals surface area contributed by atoms with Crippen LogP contribution in [0.15, 0.2) is 58.9 Å². The second kappa shape index (κ2) is 9.01. The fourth-order valence-electron chi connectivity index (χ4n) is 1.95. The van der Waals surface area contributed by atoms with Crippen molar-refractivity contribution in [3.05, 3.63) is 59.2 Å². The molecule has 0 unspecified atom stereocenters. The summed E-state index contributed by atoms with van der Waals surface area (Å²) in [7, 11) is 0. The predicted molar refractivity (Wildman–Crippen MR) is 106 cm³/mol. The Labute approximate surface area is 164 Å². The highest BCUT2D eigenvalue weighted by molar-refractivity contribution is 7.99. The van der Waals surface area contributed by atoms with Gasteiger partial charge in [0.2, 0.25) is 11.1 Å². The molecule has 9 nitrogen and oxygen atoms in total. The Morgan fingerprint density at radius 3 is 2.96 bits per heavy atom. The number of anilines is 2. The maximum absolute atomic E-state index is 11.9. The molecule has 0 aliphatic rings. The number of nitrogen functional groups attached to an aromatic ring is 1. The van der Waals surface area contributed by atoms with Crippen molar-refractivity contribution in [2.75, 3.05) is 22.3 Å². The maximum atomic E-state index is 11.9. The average Bonchev–Trinajstić information content (AvgIpc) is 3.01. The van der Waals surface area contributed by atoms with Crippen molar-refractivity contribution in [3.63, 3.8) is 0 Å². The number of carbonyl (C=O) groups is 1. The molecule has 1 amide bonds. The second-order valence-electron chi connectivity index (χ2n) is 5.15. The van der Waals surface area contributed by atoms with Crippen molar-refractivity contribution < 1.29 is 4.79 Å². The molecule has 3 aromatic rings. The number of pyridine rings is 1. The third kappa shape index (κ3) is 5.43. The molecular weight excluding hydrogens is 388 g/mol. The number of amides is 1. The summed E-state index contributed by atoms with van der Waals surface area (Å²) in [5.74, 6) is 6.52. The number of nitrogens with two attached hydrogens (primary N) is 1. The van der Waals surface area contributed by atoms with Crippen LogP contribution in [-0.4, -0.2) is 37.7 Å². The molecule has 0 spiro atoms. The lowest BCUT2D eigenvalue weighted by molar-refractivity contribution is -0.113. The van der Waals surface area contributed by atoms with Crippen molar-refractivity contribution in [2.24, 2.45) is 5.10 Å². The Morgan fingerprint density at radius 2 is 2.19 bits per heavy atom. The van der Waals surface area contributed by atoms with Crippen LogP contribution < -0.4 is 16.6 Å². The van der Waals surface area contributed by atoms with Gasteiger partial charge in [-0.3, -0.25) is 4.79 Å². The van der Waals surface area contributed by atoms with Gasteiger partial charge in [-0.1, -0.05) is 41.6 Å². The van der Waals surface area contributed by atoms with Crippen molar-refractivity contribution in [3.8, 4) is 0 Å². The molecule has 0 aliphatic heterocycles. The number of nitrogens with zero attached hydrogens (tertiary/aromatic N) is 5. The smallest absolute Gasteiger partial charge is 0.264 e. The van der Waals surface area contributed by atoms with E-state index in [1.54, 1.807) is 42.7 Å². The van der Waals surface area contributed by atoms with Gasteiger partial charge in [0.25, 0.3) is 5.95 Å². The summed E-state index contributed by atoms with van der Waals surface area (Å²) in [6.07, 6.45) is 3.18. The minimum Gasteiger partial charge on any atom is -0.334 e. The second-order valence-corrected chi connectivity index (χ2v) is 6.53. The molecule has 0 saturated carbocycles. The number of carbonyl (C=O) groups excluding carboxylic acids is 1. The summed E-state index contributed by atoms with van der Waals surface area (Å²) in [4.78, 5) is 16.0. The number of aromatic nitrogens is 4. The molecule has 0 bridgehead atoms. The zero-order valence-corrected chi connectivity index (χ0v) is 15.5. The number of rotatable bonds is 7. The molecule has 0 atom stereocenters. The maximum Gasteiger partial charge on any atom is 0.264 e. The molecule has 11 heteroatoms. The third-order valence-corrected chi connectivity index (χ3v) is 4.33. The Kier molecular flexibility index (Phi) is 6.23. The van der Waals surface area contributed by atoms with Gasteiger partial charge in [0, 0.05) is 11.2 Å². The van der Waals surface area contributed by atoms with Gasteiger partial charge < -0.3 is 11.2 Å². The van der Waals surface area contributed by atoms with Gasteiger partial charge in [-0.2, -0.15) is 5.10 Å². The van der Waals surface area contributed by atoms with E-state index >= 15 is 0 Å². The predicted octanol–water partition coefficient (Wildman–Crippen LogP) is 2.22. The molecule has 0 saturated heterocycles. The number of nitrogens with one attached hydrogen (secondary N) is 2. The number of benzene rings is 1. The Bertz CT molecular complexity index is 947. The highest BCUT2D eigenvalue weighted by Gasteiger charge is 2.12. The largest absolute Gasteiger partial charge is 0.334 e. The third-order valence-electron chi connectivity index (χ3n) is 3.16. The first kappa shape index (κ1) is 18.7. The van der Waals surface area contributed by atoms with Crippen LogP contribution >= 0.6 is 23.4 Å². The van der Waals surface area contributed by atoms with Gasteiger partial charge >= 0.3 is 0 Å². The standard InChI is InChI=1S/C16H15ClN8OS/c17-12-5-3-4-11(8-12)9-20-22-15-23-24-16(25(15)18)27-10-14(26)21-13-6-1-2-7-19-13/h1-9H,10,18H2,(H,22,23)(H,19,21,26)/b20-9+. The molecule has 1 aromatic carbocycles. The van der Waals surface area contributed by atoms with E-state index in [1.165, 1.54) is 4.68 Å². The Morgan fingerprint density at radius 1 is 1.30 bits per heavy atom. The summed E-state index contributed by atoms with van der Waals surface area (Å²) in [5, 5.41) is 15.5. The minimum atomic E-state index is -0.227. The van der Waals surface area contributed by atoms with Crippen molar-refractivity contribution >= 4 is 47.3 Å². The number of thioether (sulfide) groups is 1. The molecule has 0 aliphatic carbocycles. The van der Waals surface area contributed by atoms with Gasteiger partial charge in [0.1, 0.15) is 5.82 Å². The summed E-state index contributed by atoms with van der Waals surface area (Å²) in [6.45, 7) is 0. The number of hydrazone groups is 1. The van der Waals surface area contributed by atoms with E-state index in [9.17, 15) is 4.79 Å². The normalized spacial score (nSPS) is 10.9.